The molecule has 0 aliphatic carbocycles. The zero-order valence-electron chi connectivity index (χ0n) is 15.8. The first-order valence-electron chi connectivity index (χ1n) is 9.40. The van der Waals surface area contributed by atoms with E-state index in [9.17, 15) is 19.5 Å². The Bertz CT molecular complexity index is 980. The number of amides is 2. The lowest BCUT2D eigenvalue weighted by Crippen LogP contribution is -2.48. The van der Waals surface area contributed by atoms with Gasteiger partial charge in [-0.25, -0.2) is 4.79 Å². The second-order valence-electron chi connectivity index (χ2n) is 6.92. The average molecular weight is 391 g/mol. The van der Waals surface area contributed by atoms with Crippen LogP contribution in [0.2, 0.25) is 0 Å². The van der Waals surface area contributed by atoms with Crippen molar-refractivity contribution in [3.05, 3.63) is 65.2 Å². The highest BCUT2D eigenvalue weighted by molar-refractivity contribution is 6.05. The van der Waals surface area contributed by atoms with Crippen LogP contribution in [0.15, 0.2) is 48.5 Å². The normalized spacial score (nSPS) is 16.0. The summed E-state index contributed by atoms with van der Waals surface area (Å²) in [5.74, 6) is -1.71. The summed E-state index contributed by atoms with van der Waals surface area (Å²) in [5, 5.41) is 20.9. The number of hydrogen-bond acceptors (Lipinski definition) is 4. The third-order valence-corrected chi connectivity index (χ3v) is 4.89. The van der Waals surface area contributed by atoms with Gasteiger partial charge in [-0.2, -0.15) is 5.26 Å². The van der Waals surface area contributed by atoms with E-state index >= 15 is 0 Å². The predicted octanol–water partition coefficient (Wildman–Crippen LogP) is 3.08. The molecule has 0 spiro atoms. The first kappa shape index (κ1) is 20.1. The highest BCUT2D eigenvalue weighted by Gasteiger charge is 2.32. The van der Waals surface area contributed by atoms with Gasteiger partial charge in [0.2, 0.25) is 0 Å². The number of carbonyl (C=O) groups is 3. The van der Waals surface area contributed by atoms with E-state index in [2.05, 4.69) is 5.32 Å². The second-order valence-corrected chi connectivity index (χ2v) is 6.92. The summed E-state index contributed by atoms with van der Waals surface area (Å²) in [5.41, 5.74) is 1.93. The summed E-state index contributed by atoms with van der Waals surface area (Å²) in [6.45, 7) is 0.401. The number of anilines is 1. The molecule has 0 aromatic heterocycles. The average Bonchev–Trinajstić information content (AvgIpc) is 2.74. The van der Waals surface area contributed by atoms with Crippen molar-refractivity contribution in [3.8, 4) is 6.07 Å². The number of likely N-dealkylation sites (tertiary alicyclic amines) is 1. The molecule has 7 nitrogen and oxygen atoms in total. The molecular weight excluding hydrogens is 370 g/mol. The van der Waals surface area contributed by atoms with Crippen LogP contribution in [-0.4, -0.2) is 40.4 Å². The van der Waals surface area contributed by atoms with Crippen LogP contribution in [-0.2, 0) is 11.2 Å². The van der Waals surface area contributed by atoms with E-state index in [1.807, 2.05) is 6.07 Å². The topological polar surface area (TPSA) is 111 Å². The van der Waals surface area contributed by atoms with Gasteiger partial charge in [-0.15, -0.1) is 0 Å². The van der Waals surface area contributed by atoms with Gasteiger partial charge >= 0.3 is 5.97 Å². The van der Waals surface area contributed by atoms with Crippen molar-refractivity contribution >= 4 is 23.5 Å². The number of benzene rings is 2. The van der Waals surface area contributed by atoms with Gasteiger partial charge in [-0.05, 0) is 55.2 Å². The van der Waals surface area contributed by atoms with Crippen molar-refractivity contribution in [1.29, 1.82) is 5.26 Å². The molecule has 1 aliphatic rings. The van der Waals surface area contributed by atoms with Crippen LogP contribution in [0.1, 0.15) is 45.5 Å². The number of aliphatic carboxylic acids is 1. The quantitative estimate of drug-likeness (QED) is 0.814. The molecule has 7 heteroatoms. The van der Waals surface area contributed by atoms with Crippen LogP contribution in [0.5, 0.6) is 0 Å². The molecule has 2 aromatic rings. The van der Waals surface area contributed by atoms with Gasteiger partial charge in [0.1, 0.15) is 6.04 Å². The second kappa shape index (κ2) is 9.02. The lowest BCUT2D eigenvalue weighted by molar-refractivity contribution is -0.143. The van der Waals surface area contributed by atoms with Crippen molar-refractivity contribution in [1.82, 2.24) is 4.90 Å². The Morgan fingerprint density at radius 3 is 2.62 bits per heavy atom. The van der Waals surface area contributed by atoms with Gasteiger partial charge in [0.25, 0.3) is 11.8 Å². The van der Waals surface area contributed by atoms with Gasteiger partial charge in [0.05, 0.1) is 12.5 Å². The lowest BCUT2D eigenvalue weighted by atomic mass is 10.0. The number of piperidine rings is 1. The number of nitrogens with zero attached hydrogens (tertiary/aromatic N) is 2. The Labute approximate surface area is 168 Å². The van der Waals surface area contributed by atoms with E-state index in [-0.39, 0.29) is 18.2 Å². The van der Waals surface area contributed by atoms with Gasteiger partial charge in [0, 0.05) is 23.4 Å². The minimum atomic E-state index is -1.00. The van der Waals surface area contributed by atoms with E-state index in [1.165, 1.54) is 4.90 Å². The summed E-state index contributed by atoms with van der Waals surface area (Å²) in [4.78, 5) is 38.2. The monoisotopic (exact) mass is 391 g/mol. The highest BCUT2D eigenvalue weighted by atomic mass is 16.4. The van der Waals surface area contributed by atoms with Gasteiger partial charge in [-0.1, -0.05) is 18.2 Å². The Hall–Kier alpha value is -3.66. The summed E-state index contributed by atoms with van der Waals surface area (Å²) in [6.07, 6.45) is 2.20. The minimum Gasteiger partial charge on any atom is -0.480 e. The summed E-state index contributed by atoms with van der Waals surface area (Å²) >= 11 is 0. The molecule has 0 radical (unpaired) electrons. The SMILES string of the molecule is N#CCc1cccc(C(=O)Nc2cccc(C(=O)N3CCCCC3C(=O)O)c2)c1. The van der Waals surface area contributed by atoms with Crippen LogP contribution in [0, 0.1) is 11.3 Å². The Balaban J connectivity index is 1.76. The molecule has 0 saturated carbocycles. The molecule has 1 unspecified atom stereocenters. The number of carboxylic acids is 1. The molecule has 3 rings (SSSR count). The molecule has 0 bridgehead atoms. The van der Waals surface area contributed by atoms with E-state index in [4.69, 9.17) is 5.26 Å². The molecule has 1 atom stereocenters. The fraction of sp³-hybridized carbons (Fsp3) is 0.273. The minimum absolute atomic E-state index is 0.214. The molecule has 2 amide bonds. The molecule has 2 aromatic carbocycles. The molecule has 1 fully saturated rings. The molecule has 1 heterocycles. The molecule has 29 heavy (non-hydrogen) atoms. The van der Waals surface area contributed by atoms with E-state index in [1.54, 1.807) is 48.5 Å². The third kappa shape index (κ3) is 4.79. The standard InChI is InChI=1S/C22H21N3O4/c23-11-10-15-5-3-6-16(13-15)20(26)24-18-8-4-7-17(14-18)21(27)25-12-2-1-9-19(25)22(28)29/h3-8,13-14,19H,1-2,9-10,12H2,(H,24,26)(H,28,29). The number of nitriles is 1. The smallest absolute Gasteiger partial charge is 0.326 e. The van der Waals surface area contributed by atoms with Gasteiger partial charge in [0.15, 0.2) is 0 Å². The van der Waals surface area contributed by atoms with Crippen molar-refractivity contribution < 1.29 is 19.5 Å². The fourth-order valence-corrected chi connectivity index (χ4v) is 3.44. The first-order chi connectivity index (χ1) is 14.0. The number of hydrogen-bond donors (Lipinski definition) is 2. The van der Waals surface area contributed by atoms with Crippen molar-refractivity contribution in [2.24, 2.45) is 0 Å². The molecular formula is C22H21N3O4. The predicted molar refractivity (Wildman–Crippen MR) is 106 cm³/mol. The maximum atomic E-state index is 12.9. The highest BCUT2D eigenvalue weighted by Crippen LogP contribution is 2.21. The van der Waals surface area contributed by atoms with E-state index in [0.29, 0.717) is 29.8 Å². The zero-order valence-corrected chi connectivity index (χ0v) is 15.8. The Kier molecular flexibility index (Phi) is 6.25. The molecule has 148 valence electrons. The van der Waals surface area contributed by atoms with Crippen LogP contribution < -0.4 is 5.32 Å². The van der Waals surface area contributed by atoms with Crippen molar-refractivity contribution in [3.63, 3.8) is 0 Å². The maximum Gasteiger partial charge on any atom is 0.326 e. The number of carbonyl (C=O) groups excluding carboxylic acids is 2. The Morgan fingerprint density at radius 1 is 1.10 bits per heavy atom. The first-order valence-corrected chi connectivity index (χ1v) is 9.40. The molecule has 1 aliphatic heterocycles. The van der Waals surface area contributed by atoms with Crippen LogP contribution in [0.25, 0.3) is 0 Å². The van der Waals surface area contributed by atoms with Crippen LogP contribution >= 0.6 is 0 Å². The fourth-order valence-electron chi connectivity index (χ4n) is 3.44. The number of nitrogens with one attached hydrogen (secondary N) is 1. The third-order valence-electron chi connectivity index (χ3n) is 4.89. The molecule has 2 N–H and O–H groups in total. The number of carboxylic acid groups (broad SMARTS) is 1. The van der Waals surface area contributed by atoms with E-state index < -0.39 is 12.0 Å². The summed E-state index contributed by atoms with van der Waals surface area (Å²) in [6, 6.07) is 14.5. The summed E-state index contributed by atoms with van der Waals surface area (Å²) < 4.78 is 0. The van der Waals surface area contributed by atoms with Gasteiger partial charge < -0.3 is 15.3 Å². The molecule has 1 saturated heterocycles. The Morgan fingerprint density at radius 2 is 1.86 bits per heavy atom. The van der Waals surface area contributed by atoms with Crippen LogP contribution in [0.4, 0.5) is 5.69 Å². The summed E-state index contributed by atoms with van der Waals surface area (Å²) in [7, 11) is 0. The van der Waals surface area contributed by atoms with Gasteiger partial charge in [-0.3, -0.25) is 9.59 Å². The largest absolute Gasteiger partial charge is 0.480 e. The van der Waals surface area contributed by atoms with Crippen molar-refractivity contribution in [2.75, 3.05) is 11.9 Å². The van der Waals surface area contributed by atoms with Crippen LogP contribution in [0.3, 0.4) is 0 Å². The number of rotatable bonds is 5. The van der Waals surface area contributed by atoms with E-state index in [0.717, 1.165) is 18.4 Å². The van der Waals surface area contributed by atoms with Crippen molar-refractivity contribution in [2.45, 2.75) is 31.7 Å². The lowest BCUT2D eigenvalue weighted by Gasteiger charge is -2.33. The zero-order chi connectivity index (χ0) is 20.8. The maximum absolute atomic E-state index is 12.9.